The molecule has 0 amide bonds. The maximum absolute atomic E-state index is 13.1. The number of aromatic nitrogens is 6. The Kier molecular flexibility index (Phi) is 12.3. The summed E-state index contributed by atoms with van der Waals surface area (Å²) in [4.78, 5) is 49.5. The molecule has 0 saturated carbocycles. The summed E-state index contributed by atoms with van der Waals surface area (Å²) in [7, 11) is 0. The van der Waals surface area contributed by atoms with Crippen LogP contribution in [-0.2, 0) is 22.3 Å². The Labute approximate surface area is 422 Å². The van der Waals surface area contributed by atoms with Crippen LogP contribution in [0.3, 0.4) is 0 Å². The molecular weight excluding hydrogens is 861 g/mol. The van der Waals surface area contributed by atoms with E-state index in [0.717, 1.165) is 37.1 Å². The Morgan fingerprint density at radius 1 is 0.667 bits per heavy atom. The minimum atomic E-state index is -2.14. The number of Topliss-reactive ketones (excluding diaryl/α,β-unsaturated/α-hetero) is 2. The molecule has 0 bridgehead atoms. The number of ether oxygens (including phenoxy) is 2. The molecule has 4 aromatic rings. The fourth-order valence-corrected chi connectivity index (χ4v) is 10.0. The minimum absolute atomic E-state index is 0. The number of nitriles is 2. The molecule has 4 aliphatic rings. The van der Waals surface area contributed by atoms with Crippen LogP contribution in [0.15, 0.2) is 48.8 Å². The van der Waals surface area contributed by atoms with Gasteiger partial charge in [0, 0.05) is 44.3 Å². The molecular formula is C57H76N8O4. The van der Waals surface area contributed by atoms with E-state index >= 15 is 0 Å². The van der Waals surface area contributed by atoms with Gasteiger partial charge in [0.25, 0.3) is 0 Å². The van der Waals surface area contributed by atoms with E-state index in [2.05, 4.69) is 19.9 Å². The Hall–Kier alpha value is -5.56. The van der Waals surface area contributed by atoms with Crippen molar-refractivity contribution in [3.63, 3.8) is 0 Å². The van der Waals surface area contributed by atoms with Gasteiger partial charge in [-0.15, -0.1) is 0 Å². The monoisotopic (exact) mass is 945 g/mol. The second-order valence-corrected chi connectivity index (χ2v) is 22.7. The van der Waals surface area contributed by atoms with Gasteiger partial charge in [-0.2, -0.15) is 10.5 Å². The summed E-state index contributed by atoms with van der Waals surface area (Å²) in [5.74, 6) is -0.601. The number of H-pyrrole nitrogens is 2. The standard InChI is InChI=1S/2C28H36N4O2.CH4/c2*1-26(2)11-9-18(10-12-26)24-19(13-23(33)25-30-17-21(16-29)31-25)7-8-22(32-24)20-14-27(3,4)34-28(5,6)15-20;/h2*7-9,17,20H,10-15H2,1-6H3,(H,30,31);1H4/i9D,10D2,12D;9D,10D2,11D;. The third-order valence-corrected chi connectivity index (χ3v) is 12.6. The van der Waals surface area contributed by atoms with Gasteiger partial charge < -0.3 is 19.4 Å². The zero-order valence-electron chi connectivity index (χ0n) is 49.7. The maximum Gasteiger partial charge on any atom is 0.202 e. The van der Waals surface area contributed by atoms with Crippen molar-refractivity contribution < 1.29 is 30.0 Å². The number of hydrogen-bond acceptors (Lipinski definition) is 10. The first-order valence-corrected chi connectivity index (χ1v) is 23.5. The molecule has 12 nitrogen and oxygen atoms in total. The molecule has 2 N–H and O–H groups in total. The highest BCUT2D eigenvalue weighted by molar-refractivity contribution is 5.95. The molecule has 0 aromatic carbocycles. The normalized spacial score (nSPS) is 26.8. The predicted molar refractivity (Wildman–Crippen MR) is 272 cm³/mol. The molecule has 2 aliphatic carbocycles. The van der Waals surface area contributed by atoms with Gasteiger partial charge in [0.05, 0.1) is 48.9 Å². The van der Waals surface area contributed by atoms with Crippen molar-refractivity contribution in [2.24, 2.45) is 10.8 Å². The van der Waals surface area contributed by atoms with Crippen molar-refractivity contribution in [3.8, 4) is 12.1 Å². The molecule has 2 saturated heterocycles. The summed E-state index contributed by atoms with van der Waals surface area (Å²) in [6.07, 6.45) is -0.603. The van der Waals surface area contributed by atoms with Gasteiger partial charge in [-0.05, 0) is 165 Å². The fraction of sp³-hybridized carbons (Fsp3) is 0.579. The first-order chi connectivity index (χ1) is 34.9. The average Bonchev–Trinajstić information content (AvgIpc) is 3.97. The molecule has 12 heteroatoms. The third-order valence-electron chi connectivity index (χ3n) is 12.6. The number of pyridine rings is 2. The van der Waals surface area contributed by atoms with Gasteiger partial charge in [-0.1, -0.05) is 59.4 Å². The lowest BCUT2D eigenvalue weighted by Gasteiger charge is -2.45. The molecule has 0 radical (unpaired) electrons. The van der Waals surface area contributed by atoms with E-state index in [1.54, 1.807) is 39.8 Å². The lowest BCUT2D eigenvalue weighted by Crippen LogP contribution is -2.44. The van der Waals surface area contributed by atoms with E-state index in [1.165, 1.54) is 12.4 Å². The first kappa shape index (κ1) is 42.3. The largest absolute Gasteiger partial charge is 0.370 e. The molecule has 368 valence electrons. The van der Waals surface area contributed by atoms with Crippen LogP contribution in [0.2, 0.25) is 0 Å². The molecule has 2 unspecified atom stereocenters. The average molecular weight is 945 g/mol. The number of rotatable bonds is 10. The second-order valence-electron chi connectivity index (χ2n) is 22.7. The molecule has 8 rings (SSSR count). The highest BCUT2D eigenvalue weighted by Crippen LogP contribution is 2.46. The Morgan fingerprint density at radius 3 is 1.49 bits per heavy atom. The predicted octanol–water partition coefficient (Wildman–Crippen LogP) is 12.9. The lowest BCUT2D eigenvalue weighted by atomic mass is 9.76. The molecule has 2 fully saturated rings. The summed E-state index contributed by atoms with van der Waals surface area (Å²) in [6.45, 7) is 23.6. The van der Waals surface area contributed by atoms with Crippen LogP contribution in [-0.4, -0.2) is 63.9 Å². The summed E-state index contributed by atoms with van der Waals surface area (Å²) in [5, 5.41) is 18.2. The summed E-state index contributed by atoms with van der Waals surface area (Å²) in [6, 6.07) is 11.2. The molecule has 4 aromatic heterocycles. The number of aromatic amines is 2. The van der Waals surface area contributed by atoms with Crippen LogP contribution in [0.5, 0.6) is 0 Å². The van der Waals surface area contributed by atoms with Crippen molar-refractivity contribution in [2.75, 3.05) is 0 Å². The summed E-state index contributed by atoms with van der Waals surface area (Å²) >= 11 is 0. The van der Waals surface area contributed by atoms with E-state index < -0.39 is 36.4 Å². The van der Waals surface area contributed by atoms with Gasteiger partial charge in [0.1, 0.15) is 23.5 Å². The number of allylic oxidation sites excluding steroid dienone is 4. The molecule has 0 spiro atoms. The SMILES string of the molecule is C.[2H]C1=C(c2nc(C3CC(C)(C)OC(C)(C)C3)ccc2CC(=O)c2ncc(C#N)[nH]2)C([2H])([2H])C([2H])C(C)(C)C1.[2H]C1=C(c2nc(C3CC(C)(C)OC(C)(C)C3)ccc2CC(=O)c2ncc(C#N)[nH]2)C([2H])([2H])CC(C)(C)C1[2H]. The molecule has 2 atom stereocenters. The van der Waals surface area contributed by atoms with Gasteiger partial charge in [0.2, 0.25) is 11.6 Å². The fourth-order valence-electron chi connectivity index (χ4n) is 10.0. The topological polar surface area (TPSA) is 183 Å². The van der Waals surface area contributed by atoms with E-state index in [0.29, 0.717) is 11.1 Å². The Balaban J connectivity index is 0.000000246. The van der Waals surface area contributed by atoms with Gasteiger partial charge >= 0.3 is 0 Å². The van der Waals surface area contributed by atoms with Gasteiger partial charge in [-0.25, -0.2) is 9.97 Å². The molecule has 6 heterocycles. The van der Waals surface area contributed by atoms with E-state index in [-0.39, 0.29) is 137 Å². The number of carbonyl (C=O) groups is 2. The van der Waals surface area contributed by atoms with Crippen LogP contribution in [0.25, 0.3) is 11.1 Å². The number of nitrogens with zero attached hydrogens (tertiary/aromatic N) is 6. The number of ketones is 2. The second kappa shape index (κ2) is 20.0. The quantitative estimate of drug-likeness (QED) is 0.145. The van der Waals surface area contributed by atoms with Crippen LogP contribution < -0.4 is 0 Å². The van der Waals surface area contributed by atoms with Crippen molar-refractivity contribution in [2.45, 2.75) is 202 Å². The number of imidazole rings is 2. The number of hydrogen-bond donors (Lipinski definition) is 2. The lowest BCUT2D eigenvalue weighted by molar-refractivity contribution is -0.162. The summed E-state index contributed by atoms with van der Waals surface area (Å²) < 4.78 is 83.3. The minimum Gasteiger partial charge on any atom is -0.370 e. The molecule has 69 heavy (non-hydrogen) atoms. The van der Waals surface area contributed by atoms with E-state index in [1.807, 2.05) is 79.7 Å². The van der Waals surface area contributed by atoms with Crippen LogP contribution in [0, 0.1) is 33.5 Å². The van der Waals surface area contributed by atoms with Gasteiger partial charge in [-0.3, -0.25) is 19.6 Å². The zero-order chi connectivity index (χ0) is 56.5. The zero-order valence-corrected chi connectivity index (χ0v) is 41.7. The first-order valence-electron chi connectivity index (χ1n) is 27.7. The Bertz CT molecular complexity index is 3050. The Morgan fingerprint density at radius 2 is 1.09 bits per heavy atom. The van der Waals surface area contributed by atoms with Gasteiger partial charge in [0.15, 0.2) is 11.6 Å². The number of nitrogens with one attached hydrogen (secondary N) is 2. The van der Waals surface area contributed by atoms with E-state index in [4.69, 9.17) is 40.9 Å². The molecule has 2 aliphatic heterocycles. The van der Waals surface area contributed by atoms with Crippen LogP contribution in [0.4, 0.5) is 0 Å². The van der Waals surface area contributed by atoms with Crippen molar-refractivity contribution in [3.05, 3.63) is 106 Å². The highest BCUT2D eigenvalue weighted by Gasteiger charge is 2.42. The van der Waals surface area contributed by atoms with Crippen LogP contribution >= 0.6 is 0 Å². The smallest absolute Gasteiger partial charge is 0.202 e. The van der Waals surface area contributed by atoms with Crippen LogP contribution in [0.1, 0.15) is 244 Å². The summed E-state index contributed by atoms with van der Waals surface area (Å²) in [5.41, 5.74) is 0.484. The maximum atomic E-state index is 13.1. The highest BCUT2D eigenvalue weighted by atomic mass is 16.5. The van der Waals surface area contributed by atoms with Crippen molar-refractivity contribution in [1.29, 1.82) is 10.5 Å². The van der Waals surface area contributed by atoms with Crippen molar-refractivity contribution in [1.82, 2.24) is 29.9 Å². The number of carbonyl (C=O) groups excluding carboxylic acids is 2. The third kappa shape index (κ3) is 13.4. The van der Waals surface area contributed by atoms with Crippen molar-refractivity contribution >= 4 is 22.7 Å². The van der Waals surface area contributed by atoms with E-state index in [9.17, 15) is 9.59 Å².